The first-order valence-corrected chi connectivity index (χ1v) is 6.91. The SMILES string of the molecule is CCOc1ccc(-c2cn(-c3ccc(Cl)cn3)nn2)cc1. The van der Waals surface area contributed by atoms with Gasteiger partial charge in [-0.25, -0.2) is 9.67 Å². The number of ether oxygens (including phenoxy) is 1. The second-order valence-electron chi connectivity index (χ2n) is 4.34. The van der Waals surface area contributed by atoms with E-state index >= 15 is 0 Å². The minimum absolute atomic E-state index is 0.589. The standard InChI is InChI=1S/C15H13ClN4O/c1-2-21-13-6-3-11(4-7-13)14-10-20(19-18-14)15-8-5-12(16)9-17-15/h3-10H,2H2,1H3. The number of rotatable bonds is 4. The van der Waals surface area contributed by atoms with Crippen LogP contribution in [0.15, 0.2) is 48.8 Å². The lowest BCUT2D eigenvalue weighted by Crippen LogP contribution is -1.97. The van der Waals surface area contributed by atoms with Gasteiger partial charge in [-0.2, -0.15) is 0 Å². The molecule has 5 nitrogen and oxygen atoms in total. The molecule has 2 aromatic heterocycles. The Morgan fingerprint density at radius 2 is 1.95 bits per heavy atom. The number of hydrogen-bond acceptors (Lipinski definition) is 4. The highest BCUT2D eigenvalue weighted by molar-refractivity contribution is 6.30. The average molecular weight is 301 g/mol. The Kier molecular flexibility index (Phi) is 3.83. The Balaban J connectivity index is 1.85. The Morgan fingerprint density at radius 3 is 2.62 bits per heavy atom. The summed E-state index contributed by atoms with van der Waals surface area (Å²) in [4.78, 5) is 4.20. The van der Waals surface area contributed by atoms with E-state index in [1.54, 1.807) is 23.0 Å². The van der Waals surface area contributed by atoms with Gasteiger partial charge in [0.25, 0.3) is 0 Å². The first kappa shape index (κ1) is 13.6. The molecule has 0 amide bonds. The number of halogens is 1. The van der Waals surface area contributed by atoms with Crippen LogP contribution in [0.2, 0.25) is 5.02 Å². The molecular formula is C15H13ClN4O. The molecule has 106 valence electrons. The van der Waals surface area contributed by atoms with Gasteiger partial charge < -0.3 is 4.74 Å². The third kappa shape index (κ3) is 3.03. The molecule has 21 heavy (non-hydrogen) atoms. The number of aromatic nitrogens is 4. The van der Waals surface area contributed by atoms with Gasteiger partial charge in [0.1, 0.15) is 11.4 Å². The average Bonchev–Trinajstić information content (AvgIpc) is 2.99. The lowest BCUT2D eigenvalue weighted by atomic mass is 10.2. The van der Waals surface area contributed by atoms with Crippen molar-refractivity contribution in [2.75, 3.05) is 6.61 Å². The van der Waals surface area contributed by atoms with Crippen LogP contribution in [0.4, 0.5) is 0 Å². The summed E-state index contributed by atoms with van der Waals surface area (Å²) < 4.78 is 7.03. The van der Waals surface area contributed by atoms with E-state index in [-0.39, 0.29) is 0 Å². The molecule has 0 N–H and O–H groups in total. The van der Waals surface area contributed by atoms with Crippen LogP contribution in [0.5, 0.6) is 5.75 Å². The monoisotopic (exact) mass is 300 g/mol. The van der Waals surface area contributed by atoms with E-state index in [0.29, 0.717) is 17.4 Å². The van der Waals surface area contributed by atoms with Crippen LogP contribution in [0.1, 0.15) is 6.92 Å². The van der Waals surface area contributed by atoms with E-state index in [9.17, 15) is 0 Å². The van der Waals surface area contributed by atoms with Gasteiger partial charge in [-0.15, -0.1) is 5.10 Å². The second kappa shape index (κ2) is 5.93. The summed E-state index contributed by atoms with van der Waals surface area (Å²) in [6, 6.07) is 11.3. The summed E-state index contributed by atoms with van der Waals surface area (Å²) in [5.74, 6) is 1.51. The molecule has 0 radical (unpaired) electrons. The zero-order valence-electron chi connectivity index (χ0n) is 11.4. The predicted octanol–water partition coefficient (Wildman–Crippen LogP) is 3.38. The third-order valence-electron chi connectivity index (χ3n) is 2.90. The van der Waals surface area contributed by atoms with Gasteiger partial charge in [0.2, 0.25) is 0 Å². The first-order valence-electron chi connectivity index (χ1n) is 6.54. The highest BCUT2D eigenvalue weighted by Gasteiger charge is 2.06. The number of hydrogen-bond donors (Lipinski definition) is 0. The summed E-state index contributed by atoms with van der Waals surface area (Å²) in [6.07, 6.45) is 3.40. The van der Waals surface area contributed by atoms with Gasteiger partial charge in [0, 0.05) is 11.8 Å². The van der Waals surface area contributed by atoms with E-state index in [1.807, 2.05) is 37.4 Å². The maximum Gasteiger partial charge on any atom is 0.155 e. The molecule has 2 heterocycles. The predicted molar refractivity (Wildman–Crippen MR) is 80.8 cm³/mol. The molecule has 0 bridgehead atoms. The molecule has 6 heteroatoms. The summed E-state index contributed by atoms with van der Waals surface area (Å²) >= 11 is 5.82. The molecule has 0 fully saturated rings. The van der Waals surface area contributed by atoms with E-state index in [0.717, 1.165) is 17.0 Å². The molecule has 0 spiro atoms. The zero-order chi connectivity index (χ0) is 14.7. The normalized spacial score (nSPS) is 10.6. The van der Waals surface area contributed by atoms with Gasteiger partial charge in [0.05, 0.1) is 17.8 Å². The Morgan fingerprint density at radius 1 is 1.14 bits per heavy atom. The van der Waals surface area contributed by atoms with Crippen molar-refractivity contribution in [3.63, 3.8) is 0 Å². The van der Waals surface area contributed by atoms with Crippen molar-refractivity contribution >= 4 is 11.6 Å². The Labute approximate surface area is 127 Å². The fourth-order valence-corrected chi connectivity index (χ4v) is 2.01. The van der Waals surface area contributed by atoms with Crippen molar-refractivity contribution in [1.82, 2.24) is 20.0 Å². The smallest absolute Gasteiger partial charge is 0.155 e. The van der Waals surface area contributed by atoms with E-state index in [4.69, 9.17) is 16.3 Å². The van der Waals surface area contributed by atoms with Crippen LogP contribution in [-0.4, -0.2) is 26.6 Å². The molecule has 0 aliphatic heterocycles. The summed E-state index contributed by atoms with van der Waals surface area (Å²) in [6.45, 7) is 2.61. The summed E-state index contributed by atoms with van der Waals surface area (Å²) in [5.41, 5.74) is 1.74. The minimum Gasteiger partial charge on any atom is -0.494 e. The number of nitrogens with zero attached hydrogens (tertiary/aromatic N) is 4. The fourth-order valence-electron chi connectivity index (χ4n) is 1.90. The van der Waals surface area contributed by atoms with Crippen LogP contribution in [0.3, 0.4) is 0 Å². The largest absolute Gasteiger partial charge is 0.494 e. The van der Waals surface area contributed by atoms with E-state index in [2.05, 4.69) is 15.3 Å². The molecule has 0 saturated carbocycles. The molecule has 0 aliphatic carbocycles. The van der Waals surface area contributed by atoms with Gasteiger partial charge in [-0.1, -0.05) is 16.8 Å². The molecule has 0 atom stereocenters. The lowest BCUT2D eigenvalue weighted by Gasteiger charge is -2.02. The zero-order valence-corrected chi connectivity index (χ0v) is 12.2. The van der Waals surface area contributed by atoms with Crippen molar-refractivity contribution in [2.24, 2.45) is 0 Å². The minimum atomic E-state index is 0.589. The van der Waals surface area contributed by atoms with Crippen LogP contribution < -0.4 is 4.74 Å². The van der Waals surface area contributed by atoms with Crippen LogP contribution >= 0.6 is 11.6 Å². The maximum absolute atomic E-state index is 5.82. The highest BCUT2D eigenvalue weighted by atomic mass is 35.5. The summed E-state index contributed by atoms with van der Waals surface area (Å²) in [7, 11) is 0. The highest BCUT2D eigenvalue weighted by Crippen LogP contribution is 2.21. The number of benzene rings is 1. The van der Waals surface area contributed by atoms with Crippen molar-refractivity contribution in [3.05, 3.63) is 53.8 Å². The fraction of sp³-hybridized carbons (Fsp3) is 0.133. The summed E-state index contributed by atoms with van der Waals surface area (Å²) in [5, 5.41) is 8.83. The molecule has 0 saturated heterocycles. The quantitative estimate of drug-likeness (QED) is 0.741. The van der Waals surface area contributed by atoms with Gasteiger partial charge >= 0.3 is 0 Å². The molecule has 1 aromatic carbocycles. The Bertz CT molecular complexity index is 722. The Hall–Kier alpha value is -2.40. The van der Waals surface area contributed by atoms with Gasteiger partial charge in [0.15, 0.2) is 5.82 Å². The first-order chi connectivity index (χ1) is 10.3. The van der Waals surface area contributed by atoms with Crippen molar-refractivity contribution in [2.45, 2.75) is 6.92 Å². The molecule has 3 aromatic rings. The van der Waals surface area contributed by atoms with Gasteiger partial charge in [-0.3, -0.25) is 0 Å². The van der Waals surface area contributed by atoms with Crippen LogP contribution in [0, 0.1) is 0 Å². The molecule has 0 aliphatic rings. The van der Waals surface area contributed by atoms with Crippen molar-refractivity contribution in [3.8, 4) is 22.8 Å². The topological polar surface area (TPSA) is 52.8 Å². The molecule has 0 unspecified atom stereocenters. The molecular weight excluding hydrogens is 288 g/mol. The van der Waals surface area contributed by atoms with Crippen LogP contribution in [0.25, 0.3) is 17.1 Å². The van der Waals surface area contributed by atoms with Crippen molar-refractivity contribution < 1.29 is 4.74 Å². The van der Waals surface area contributed by atoms with Gasteiger partial charge in [-0.05, 0) is 43.3 Å². The number of pyridine rings is 1. The third-order valence-corrected chi connectivity index (χ3v) is 3.12. The lowest BCUT2D eigenvalue weighted by molar-refractivity contribution is 0.340. The maximum atomic E-state index is 5.82. The van der Waals surface area contributed by atoms with Crippen molar-refractivity contribution in [1.29, 1.82) is 0 Å². The molecule has 3 rings (SSSR count). The van der Waals surface area contributed by atoms with E-state index in [1.165, 1.54) is 0 Å². The van der Waals surface area contributed by atoms with Crippen LogP contribution in [-0.2, 0) is 0 Å². The van der Waals surface area contributed by atoms with E-state index < -0.39 is 0 Å². The second-order valence-corrected chi connectivity index (χ2v) is 4.78.